The van der Waals surface area contributed by atoms with Gasteiger partial charge in [0.1, 0.15) is 0 Å². The molecule has 1 saturated heterocycles. The van der Waals surface area contributed by atoms with Crippen LogP contribution in [0.2, 0.25) is 0 Å². The number of nitrogens with two attached hydrogens (primary N) is 1. The molecule has 1 aromatic heterocycles. The van der Waals surface area contributed by atoms with E-state index in [1.54, 1.807) is 0 Å². The zero-order chi connectivity index (χ0) is 12.5. The Balaban J connectivity index is 2.13. The molecular formula is C13H21BrN2S. The average molecular weight is 317 g/mol. The third-order valence-electron chi connectivity index (χ3n) is 3.51. The summed E-state index contributed by atoms with van der Waals surface area (Å²) in [4.78, 5) is 3.94. The molecule has 1 aliphatic rings. The van der Waals surface area contributed by atoms with Gasteiger partial charge in [0.05, 0.1) is 6.04 Å². The fourth-order valence-electron chi connectivity index (χ4n) is 2.68. The van der Waals surface area contributed by atoms with Gasteiger partial charge in [-0.25, -0.2) is 0 Å². The van der Waals surface area contributed by atoms with Crippen LogP contribution in [0.1, 0.15) is 37.6 Å². The number of hydrogen-bond donors (Lipinski definition) is 1. The second kappa shape index (κ2) is 5.39. The van der Waals surface area contributed by atoms with Crippen molar-refractivity contribution >= 4 is 27.3 Å². The molecule has 2 heterocycles. The van der Waals surface area contributed by atoms with E-state index in [1.165, 1.54) is 28.7 Å². The Labute approximate surface area is 116 Å². The molecular weight excluding hydrogens is 296 g/mol. The first-order chi connectivity index (χ1) is 8.02. The highest BCUT2D eigenvalue weighted by Crippen LogP contribution is 2.35. The Morgan fingerprint density at radius 2 is 2.35 bits per heavy atom. The number of nitrogens with zero attached hydrogens (tertiary/aromatic N) is 1. The van der Waals surface area contributed by atoms with Crippen LogP contribution in [0.25, 0.3) is 0 Å². The molecule has 1 fully saturated rings. The number of halogens is 1. The highest BCUT2D eigenvalue weighted by molar-refractivity contribution is 9.10. The van der Waals surface area contributed by atoms with Crippen LogP contribution in [0.3, 0.4) is 0 Å². The molecule has 0 aliphatic carbocycles. The summed E-state index contributed by atoms with van der Waals surface area (Å²) in [6.07, 6.45) is 2.62. The van der Waals surface area contributed by atoms with E-state index in [2.05, 4.69) is 46.1 Å². The Kier molecular flexibility index (Phi) is 4.29. The van der Waals surface area contributed by atoms with Crippen molar-refractivity contribution in [3.05, 3.63) is 20.8 Å². The van der Waals surface area contributed by atoms with Crippen LogP contribution >= 0.6 is 27.3 Å². The van der Waals surface area contributed by atoms with Gasteiger partial charge in [0.2, 0.25) is 0 Å². The Bertz CT molecular complexity index is 375. The monoisotopic (exact) mass is 316 g/mol. The molecule has 0 bridgehead atoms. The maximum absolute atomic E-state index is 5.98. The lowest BCUT2D eigenvalue weighted by molar-refractivity contribution is 0.0820. The minimum atomic E-state index is 0.394. The van der Waals surface area contributed by atoms with Crippen molar-refractivity contribution in [1.29, 1.82) is 0 Å². The quantitative estimate of drug-likeness (QED) is 0.922. The minimum absolute atomic E-state index is 0.394. The Hall–Kier alpha value is 0.1000. The van der Waals surface area contributed by atoms with E-state index in [4.69, 9.17) is 5.73 Å². The van der Waals surface area contributed by atoms with Crippen LogP contribution < -0.4 is 5.73 Å². The molecule has 2 N–H and O–H groups in total. The predicted octanol–water partition coefficient (Wildman–Crippen LogP) is 3.63. The molecule has 0 spiro atoms. The summed E-state index contributed by atoms with van der Waals surface area (Å²) in [5.74, 6) is 0. The molecule has 0 saturated carbocycles. The third-order valence-corrected chi connectivity index (χ3v) is 5.30. The summed E-state index contributed by atoms with van der Waals surface area (Å²) in [5.41, 5.74) is 6.41. The maximum Gasteiger partial charge on any atom is 0.0564 e. The molecule has 1 unspecified atom stereocenters. The smallest absolute Gasteiger partial charge is 0.0564 e. The molecule has 0 amide bonds. The molecule has 96 valence electrons. The number of thiophene rings is 1. The van der Waals surface area contributed by atoms with Crippen LogP contribution in [-0.2, 0) is 0 Å². The second-order valence-corrected chi connectivity index (χ2v) is 7.52. The molecule has 17 heavy (non-hydrogen) atoms. The van der Waals surface area contributed by atoms with E-state index in [-0.39, 0.29) is 0 Å². The first kappa shape index (κ1) is 13.5. The summed E-state index contributed by atoms with van der Waals surface area (Å²) in [5, 5.41) is 2.15. The molecule has 1 aromatic rings. The number of piperidine rings is 1. The first-order valence-electron chi connectivity index (χ1n) is 6.20. The Morgan fingerprint density at radius 1 is 1.59 bits per heavy atom. The van der Waals surface area contributed by atoms with Gasteiger partial charge in [-0.3, -0.25) is 4.90 Å². The molecule has 0 radical (unpaired) electrons. The van der Waals surface area contributed by atoms with Gasteiger partial charge in [-0.05, 0) is 46.8 Å². The van der Waals surface area contributed by atoms with Gasteiger partial charge in [-0.15, -0.1) is 11.3 Å². The highest BCUT2D eigenvalue weighted by Gasteiger charge is 2.31. The maximum atomic E-state index is 5.98. The highest BCUT2D eigenvalue weighted by atomic mass is 79.9. The predicted molar refractivity (Wildman–Crippen MR) is 78.4 cm³/mol. The van der Waals surface area contributed by atoms with Crippen molar-refractivity contribution in [2.45, 2.75) is 32.7 Å². The Morgan fingerprint density at radius 3 is 2.88 bits per heavy atom. The number of hydrogen-bond acceptors (Lipinski definition) is 3. The zero-order valence-corrected chi connectivity index (χ0v) is 13.0. The summed E-state index contributed by atoms with van der Waals surface area (Å²) in [6.45, 7) is 7.77. The lowest BCUT2D eigenvalue weighted by atomic mass is 9.83. The summed E-state index contributed by atoms with van der Waals surface area (Å²) < 4.78 is 1.17. The van der Waals surface area contributed by atoms with Gasteiger partial charge in [-0.2, -0.15) is 0 Å². The SMILES string of the molecule is CC1(C)CCCN(C(CN)c2cc(Br)cs2)C1. The van der Waals surface area contributed by atoms with E-state index in [1.807, 2.05) is 11.3 Å². The zero-order valence-electron chi connectivity index (χ0n) is 10.6. The van der Waals surface area contributed by atoms with Crippen LogP contribution in [0.4, 0.5) is 0 Å². The van der Waals surface area contributed by atoms with Gasteiger partial charge in [0.15, 0.2) is 0 Å². The van der Waals surface area contributed by atoms with E-state index in [0.29, 0.717) is 18.0 Å². The van der Waals surface area contributed by atoms with Crippen molar-refractivity contribution < 1.29 is 0 Å². The van der Waals surface area contributed by atoms with Crippen LogP contribution in [0.5, 0.6) is 0 Å². The summed E-state index contributed by atoms with van der Waals surface area (Å²) in [7, 11) is 0. The van der Waals surface area contributed by atoms with Crippen molar-refractivity contribution in [2.24, 2.45) is 11.1 Å². The van der Waals surface area contributed by atoms with Crippen LogP contribution in [0.15, 0.2) is 15.9 Å². The first-order valence-corrected chi connectivity index (χ1v) is 7.87. The van der Waals surface area contributed by atoms with Crippen molar-refractivity contribution in [3.63, 3.8) is 0 Å². The summed E-state index contributed by atoms with van der Waals surface area (Å²) in [6, 6.07) is 2.61. The topological polar surface area (TPSA) is 29.3 Å². The van der Waals surface area contributed by atoms with Gasteiger partial charge in [0, 0.05) is 27.8 Å². The lowest BCUT2D eigenvalue weighted by Crippen LogP contribution is -2.44. The molecule has 1 aliphatic heterocycles. The molecule has 1 atom stereocenters. The molecule has 2 rings (SSSR count). The standard InChI is InChI=1S/C13H21BrN2S/c1-13(2)4-3-5-16(9-13)11(7-15)12-6-10(14)8-17-12/h6,8,11H,3-5,7,9,15H2,1-2H3. The summed E-state index contributed by atoms with van der Waals surface area (Å²) >= 11 is 5.33. The van der Waals surface area contributed by atoms with Crippen LogP contribution in [0, 0.1) is 5.41 Å². The van der Waals surface area contributed by atoms with Crippen LogP contribution in [-0.4, -0.2) is 24.5 Å². The van der Waals surface area contributed by atoms with E-state index < -0.39 is 0 Å². The average Bonchev–Trinajstić information content (AvgIpc) is 2.64. The van der Waals surface area contributed by atoms with Crippen molar-refractivity contribution in [1.82, 2.24) is 4.90 Å². The van der Waals surface area contributed by atoms with E-state index in [9.17, 15) is 0 Å². The minimum Gasteiger partial charge on any atom is -0.329 e. The van der Waals surface area contributed by atoms with Gasteiger partial charge in [-0.1, -0.05) is 13.8 Å². The van der Waals surface area contributed by atoms with E-state index in [0.717, 1.165) is 6.54 Å². The largest absolute Gasteiger partial charge is 0.329 e. The molecule has 4 heteroatoms. The van der Waals surface area contributed by atoms with Crippen molar-refractivity contribution in [3.8, 4) is 0 Å². The molecule has 2 nitrogen and oxygen atoms in total. The third kappa shape index (κ3) is 3.31. The van der Waals surface area contributed by atoms with Crippen molar-refractivity contribution in [2.75, 3.05) is 19.6 Å². The normalized spacial score (nSPS) is 22.6. The van der Waals surface area contributed by atoms with Gasteiger partial charge < -0.3 is 5.73 Å². The lowest BCUT2D eigenvalue weighted by Gasteiger charge is -2.41. The van der Waals surface area contributed by atoms with Gasteiger partial charge >= 0.3 is 0 Å². The number of rotatable bonds is 3. The number of likely N-dealkylation sites (tertiary alicyclic amines) is 1. The fraction of sp³-hybridized carbons (Fsp3) is 0.692. The van der Waals surface area contributed by atoms with E-state index >= 15 is 0 Å². The molecule has 0 aromatic carbocycles. The fourth-order valence-corrected chi connectivity index (χ4v) is 4.28. The second-order valence-electron chi connectivity index (χ2n) is 5.66. The van der Waals surface area contributed by atoms with Gasteiger partial charge in [0.25, 0.3) is 0 Å².